The van der Waals surface area contributed by atoms with E-state index in [1.54, 1.807) is 0 Å². The number of hydrogen-bond acceptors (Lipinski definition) is 7. The van der Waals surface area contributed by atoms with Crippen LogP contribution in [0.4, 0.5) is 9.39 Å². The number of nitrogens with one attached hydrogen (secondary N) is 1. The maximum Gasteiger partial charge on any atom is 0.341 e. The Balaban J connectivity index is 0.00000380. The second-order valence-corrected chi connectivity index (χ2v) is 11.8. The first-order valence-electron chi connectivity index (χ1n) is 11.5. The zero-order valence-electron chi connectivity index (χ0n) is 20.2. The normalized spacial score (nSPS) is 13.4. The number of ether oxygens (including phenoxy) is 1. The summed E-state index contributed by atoms with van der Waals surface area (Å²) in [6, 6.07) is 14.7. The van der Waals surface area contributed by atoms with Gasteiger partial charge < -0.3 is 10.1 Å². The maximum absolute atomic E-state index is 13.1. The van der Waals surface area contributed by atoms with Gasteiger partial charge in [0.05, 0.1) is 23.3 Å². The predicted molar refractivity (Wildman–Crippen MR) is 143 cm³/mol. The van der Waals surface area contributed by atoms with Crippen molar-refractivity contribution in [1.82, 2.24) is 4.90 Å². The summed E-state index contributed by atoms with van der Waals surface area (Å²) in [4.78, 5) is 28.5. The first kappa shape index (κ1) is 28.8. The zero-order valence-corrected chi connectivity index (χ0v) is 22.7. The number of methoxy groups -OCH3 is 1. The van der Waals surface area contributed by atoms with Gasteiger partial charge in [-0.2, -0.15) is 0 Å². The minimum Gasteiger partial charge on any atom is -0.465 e. The average Bonchev–Trinajstić information content (AvgIpc) is 3.21. The summed E-state index contributed by atoms with van der Waals surface area (Å²) in [5.74, 6) is -1.64. The first-order chi connectivity index (χ1) is 17.3. The molecule has 2 aromatic carbocycles. The van der Waals surface area contributed by atoms with Gasteiger partial charge in [0.2, 0.25) is 5.91 Å². The van der Waals surface area contributed by atoms with Crippen molar-refractivity contribution in [3.8, 4) is 0 Å². The minimum absolute atomic E-state index is 0. The van der Waals surface area contributed by atoms with Crippen LogP contribution in [-0.2, 0) is 38.9 Å². The van der Waals surface area contributed by atoms with Gasteiger partial charge in [0.25, 0.3) is 0 Å². The van der Waals surface area contributed by atoms with Crippen molar-refractivity contribution in [1.29, 1.82) is 0 Å². The largest absolute Gasteiger partial charge is 0.465 e. The van der Waals surface area contributed by atoms with Crippen molar-refractivity contribution >= 4 is 50.5 Å². The Kier molecular flexibility index (Phi) is 9.83. The van der Waals surface area contributed by atoms with Crippen molar-refractivity contribution in [3.63, 3.8) is 0 Å². The van der Waals surface area contributed by atoms with Gasteiger partial charge in [-0.1, -0.05) is 30.3 Å². The smallest absolute Gasteiger partial charge is 0.341 e. The molecule has 37 heavy (non-hydrogen) atoms. The van der Waals surface area contributed by atoms with Gasteiger partial charge in [0.15, 0.2) is 9.84 Å². The van der Waals surface area contributed by atoms with Crippen LogP contribution in [0.3, 0.4) is 0 Å². The van der Waals surface area contributed by atoms with Gasteiger partial charge >= 0.3 is 5.97 Å². The highest BCUT2D eigenvalue weighted by molar-refractivity contribution is 7.91. The molecule has 0 saturated heterocycles. The van der Waals surface area contributed by atoms with Crippen LogP contribution in [-0.4, -0.2) is 44.6 Å². The molecule has 198 valence electrons. The third-order valence-corrected chi connectivity index (χ3v) is 8.97. The molecule has 0 bridgehead atoms. The number of anilines is 1. The fourth-order valence-corrected chi connectivity index (χ4v) is 6.82. The molecule has 0 atom stereocenters. The Labute approximate surface area is 226 Å². The highest BCUT2D eigenvalue weighted by Crippen LogP contribution is 2.38. The van der Waals surface area contributed by atoms with Crippen LogP contribution in [0.5, 0.6) is 0 Å². The summed E-state index contributed by atoms with van der Waals surface area (Å²) in [5, 5.41) is 3.23. The van der Waals surface area contributed by atoms with Crippen molar-refractivity contribution in [2.45, 2.75) is 37.2 Å². The molecule has 3 aromatic rings. The van der Waals surface area contributed by atoms with Crippen molar-refractivity contribution in [3.05, 3.63) is 82.0 Å². The summed E-state index contributed by atoms with van der Waals surface area (Å²) < 4.78 is 42.9. The van der Waals surface area contributed by atoms with Gasteiger partial charge in [-0.05, 0) is 48.2 Å². The zero-order chi connectivity index (χ0) is 25.7. The summed E-state index contributed by atoms with van der Waals surface area (Å²) in [6.45, 7) is 2.22. The van der Waals surface area contributed by atoms with Gasteiger partial charge in [-0.15, -0.1) is 23.7 Å². The van der Waals surface area contributed by atoms with E-state index in [0.717, 1.165) is 35.7 Å². The summed E-state index contributed by atoms with van der Waals surface area (Å²) in [7, 11) is -2.32. The molecule has 0 unspecified atom stereocenters. The van der Waals surface area contributed by atoms with E-state index in [1.165, 1.54) is 36.1 Å². The number of nitrogens with zero attached hydrogens (tertiary/aromatic N) is 1. The topological polar surface area (TPSA) is 92.8 Å². The lowest BCUT2D eigenvalue weighted by atomic mass is 10.0. The van der Waals surface area contributed by atoms with Crippen LogP contribution in [0.15, 0.2) is 59.5 Å². The second kappa shape index (κ2) is 12.6. The Bertz CT molecular complexity index is 1350. The molecular weight excluding hydrogens is 539 g/mol. The number of hydrogen-bond donors (Lipinski definition) is 1. The lowest BCUT2D eigenvalue weighted by Crippen LogP contribution is -2.29. The molecule has 0 saturated carbocycles. The van der Waals surface area contributed by atoms with E-state index in [1.807, 2.05) is 18.2 Å². The third-order valence-electron chi connectivity index (χ3n) is 6.02. The van der Waals surface area contributed by atoms with Crippen LogP contribution >= 0.6 is 23.7 Å². The molecule has 1 aromatic heterocycles. The number of thiophene rings is 1. The van der Waals surface area contributed by atoms with E-state index in [2.05, 4.69) is 22.3 Å². The molecule has 1 aliphatic heterocycles. The fraction of sp³-hybridized carbons (Fsp3) is 0.308. The van der Waals surface area contributed by atoms with Crippen LogP contribution < -0.4 is 5.32 Å². The fourth-order valence-electron chi connectivity index (χ4n) is 4.21. The van der Waals surface area contributed by atoms with E-state index >= 15 is 0 Å². The van der Waals surface area contributed by atoms with E-state index in [9.17, 15) is 22.4 Å². The Hall–Kier alpha value is -2.79. The molecule has 7 nitrogen and oxygen atoms in total. The molecular formula is C26H28ClFN2O5S2. The number of rotatable bonds is 9. The average molecular weight is 567 g/mol. The van der Waals surface area contributed by atoms with E-state index in [4.69, 9.17) is 4.74 Å². The number of sulfone groups is 1. The van der Waals surface area contributed by atoms with Crippen LogP contribution in [0.2, 0.25) is 0 Å². The lowest BCUT2D eigenvalue weighted by Gasteiger charge is -2.27. The molecule has 0 spiro atoms. The molecule has 2 heterocycles. The van der Waals surface area contributed by atoms with Gasteiger partial charge in [0, 0.05) is 30.9 Å². The first-order valence-corrected chi connectivity index (χ1v) is 14.0. The minimum atomic E-state index is -3.63. The summed E-state index contributed by atoms with van der Waals surface area (Å²) in [6.07, 6.45) is 0.716. The molecule has 11 heteroatoms. The van der Waals surface area contributed by atoms with Crippen LogP contribution in [0, 0.1) is 5.82 Å². The highest BCUT2D eigenvalue weighted by atomic mass is 35.5. The molecule has 0 fully saturated rings. The number of esters is 1. The number of benzene rings is 2. The molecule has 1 aliphatic rings. The van der Waals surface area contributed by atoms with Crippen molar-refractivity contribution in [2.24, 2.45) is 0 Å². The molecule has 0 aliphatic carbocycles. The van der Waals surface area contributed by atoms with Gasteiger partial charge in [-0.25, -0.2) is 17.6 Å². The van der Waals surface area contributed by atoms with E-state index in [-0.39, 0.29) is 41.8 Å². The second-order valence-electron chi connectivity index (χ2n) is 8.57. The van der Waals surface area contributed by atoms with Gasteiger partial charge in [0.1, 0.15) is 10.8 Å². The predicted octanol–water partition coefficient (Wildman–Crippen LogP) is 4.85. The van der Waals surface area contributed by atoms with E-state index < -0.39 is 21.6 Å². The maximum atomic E-state index is 13.1. The summed E-state index contributed by atoms with van der Waals surface area (Å²) >= 11 is 1.36. The molecule has 1 N–H and O–H groups in total. The Morgan fingerprint density at radius 2 is 1.81 bits per heavy atom. The van der Waals surface area contributed by atoms with Crippen molar-refractivity contribution < 1.29 is 27.1 Å². The number of carbonyl (C=O) groups excluding carboxylic acids is 2. The number of fused-ring (bicyclic) bond motifs is 1. The number of carbonyl (C=O) groups is 2. The van der Waals surface area contributed by atoms with Crippen LogP contribution in [0.1, 0.15) is 39.2 Å². The molecule has 1 amide bonds. The molecule has 0 radical (unpaired) electrons. The quantitative estimate of drug-likeness (QED) is 0.294. The Morgan fingerprint density at radius 3 is 2.49 bits per heavy atom. The third kappa shape index (κ3) is 7.16. The number of amides is 1. The van der Waals surface area contributed by atoms with Crippen LogP contribution in [0.25, 0.3) is 0 Å². The standard InChI is InChI=1S/C26H27FN2O5S2.ClH/c1-34-26(31)24-21-13-14-29(16-18-6-3-2-4-7-18)17-22(21)35-25(24)28-23(30)8-5-15-36(32,33)20-11-9-19(27)10-12-20;/h2-4,6-7,9-12H,5,8,13-17H2,1H3,(H,28,30);1H. The Morgan fingerprint density at radius 1 is 1.11 bits per heavy atom. The van der Waals surface area contributed by atoms with Gasteiger partial charge in [-0.3, -0.25) is 9.69 Å². The SMILES string of the molecule is COC(=O)c1c(NC(=O)CCCS(=O)(=O)c2ccc(F)cc2)sc2c1CCN(Cc1ccccc1)C2.Cl. The highest BCUT2D eigenvalue weighted by Gasteiger charge is 2.29. The monoisotopic (exact) mass is 566 g/mol. The molecule has 4 rings (SSSR count). The van der Waals surface area contributed by atoms with E-state index in [0.29, 0.717) is 23.5 Å². The number of halogens is 2. The van der Waals surface area contributed by atoms with Crippen molar-refractivity contribution in [2.75, 3.05) is 24.7 Å². The lowest BCUT2D eigenvalue weighted by molar-refractivity contribution is -0.116. The summed E-state index contributed by atoms with van der Waals surface area (Å²) in [5.41, 5.74) is 2.48.